The second kappa shape index (κ2) is 4.86. The molecule has 0 saturated carbocycles. The van der Waals surface area contributed by atoms with Crippen LogP contribution in [0, 0.1) is 11.3 Å². The van der Waals surface area contributed by atoms with E-state index in [9.17, 15) is 13.2 Å². The Bertz CT molecular complexity index is 164. The number of nitriles is 1. The summed E-state index contributed by atoms with van der Waals surface area (Å²) in [6, 6.07) is 1.73. The van der Waals surface area contributed by atoms with Gasteiger partial charge in [0, 0.05) is 12.8 Å². The van der Waals surface area contributed by atoms with Gasteiger partial charge in [-0.05, 0) is 6.42 Å². The highest BCUT2D eigenvalue weighted by atomic mass is 19.3. The van der Waals surface area contributed by atoms with E-state index < -0.39 is 11.9 Å². The number of hydrogen-bond donors (Lipinski definition) is 0. The standard InChI is InChI=1S/C6H6F3N/c7-5(6(8)9)3-1-2-4-10/h1-3H2. The van der Waals surface area contributed by atoms with Crippen molar-refractivity contribution in [3.05, 3.63) is 11.9 Å². The van der Waals surface area contributed by atoms with Crippen molar-refractivity contribution in [1.29, 1.82) is 5.26 Å². The highest BCUT2D eigenvalue weighted by Crippen LogP contribution is 2.15. The van der Waals surface area contributed by atoms with Crippen LogP contribution in [-0.4, -0.2) is 0 Å². The molecule has 0 amide bonds. The van der Waals surface area contributed by atoms with Crippen molar-refractivity contribution in [3.8, 4) is 6.07 Å². The molecule has 10 heavy (non-hydrogen) atoms. The molecule has 0 radical (unpaired) electrons. The molecule has 0 aliphatic heterocycles. The topological polar surface area (TPSA) is 23.8 Å². The number of halogens is 3. The van der Waals surface area contributed by atoms with E-state index in [-0.39, 0.29) is 19.3 Å². The van der Waals surface area contributed by atoms with Crippen LogP contribution in [0.15, 0.2) is 11.9 Å². The molecule has 4 heteroatoms. The first kappa shape index (κ1) is 9.02. The lowest BCUT2D eigenvalue weighted by Gasteiger charge is -1.89. The van der Waals surface area contributed by atoms with Gasteiger partial charge in [-0.1, -0.05) is 0 Å². The molecule has 0 spiro atoms. The van der Waals surface area contributed by atoms with Crippen LogP contribution >= 0.6 is 0 Å². The van der Waals surface area contributed by atoms with Crippen molar-refractivity contribution in [2.24, 2.45) is 0 Å². The minimum atomic E-state index is -2.28. The maximum absolute atomic E-state index is 11.9. The molecule has 0 fully saturated rings. The number of allylic oxidation sites excluding steroid dienone is 1. The summed E-state index contributed by atoms with van der Waals surface area (Å²) in [5.41, 5.74) is 0. The maximum Gasteiger partial charge on any atom is 0.301 e. The van der Waals surface area contributed by atoms with E-state index in [2.05, 4.69) is 0 Å². The van der Waals surface area contributed by atoms with E-state index in [1.54, 1.807) is 6.07 Å². The Morgan fingerprint density at radius 1 is 1.30 bits per heavy atom. The molecule has 0 aliphatic rings. The van der Waals surface area contributed by atoms with Gasteiger partial charge in [0.2, 0.25) is 0 Å². The average molecular weight is 149 g/mol. The Morgan fingerprint density at radius 3 is 2.30 bits per heavy atom. The van der Waals surface area contributed by atoms with Crippen molar-refractivity contribution < 1.29 is 13.2 Å². The molecule has 0 aromatic heterocycles. The monoisotopic (exact) mass is 149 g/mol. The van der Waals surface area contributed by atoms with E-state index in [0.717, 1.165) is 0 Å². The fraction of sp³-hybridized carbons (Fsp3) is 0.500. The molecule has 56 valence electrons. The lowest BCUT2D eigenvalue weighted by atomic mass is 10.2. The molecule has 0 aromatic carbocycles. The van der Waals surface area contributed by atoms with Gasteiger partial charge in [0.1, 0.15) is 0 Å². The Morgan fingerprint density at radius 2 is 1.90 bits per heavy atom. The second-order valence-electron chi connectivity index (χ2n) is 1.68. The number of nitrogens with zero attached hydrogens (tertiary/aromatic N) is 1. The molecule has 0 N–H and O–H groups in total. The molecule has 0 rings (SSSR count). The predicted molar refractivity (Wildman–Crippen MR) is 29.8 cm³/mol. The number of rotatable bonds is 3. The van der Waals surface area contributed by atoms with E-state index in [1.165, 1.54) is 0 Å². The molecule has 0 atom stereocenters. The van der Waals surface area contributed by atoms with Crippen molar-refractivity contribution in [1.82, 2.24) is 0 Å². The summed E-state index contributed by atoms with van der Waals surface area (Å²) in [6.45, 7) is 0. The van der Waals surface area contributed by atoms with Crippen LogP contribution in [0.25, 0.3) is 0 Å². The molecule has 0 saturated heterocycles. The van der Waals surface area contributed by atoms with Gasteiger partial charge in [-0.25, -0.2) is 4.39 Å². The van der Waals surface area contributed by atoms with Gasteiger partial charge < -0.3 is 0 Å². The van der Waals surface area contributed by atoms with Gasteiger partial charge in [-0.2, -0.15) is 14.0 Å². The summed E-state index contributed by atoms with van der Waals surface area (Å²) in [5.74, 6) is -1.41. The Hall–Kier alpha value is -0.980. The first-order chi connectivity index (χ1) is 4.68. The highest BCUT2D eigenvalue weighted by Gasteiger charge is 2.02. The lowest BCUT2D eigenvalue weighted by Crippen LogP contribution is -1.77. The number of unbranched alkanes of at least 4 members (excludes halogenated alkanes) is 1. The zero-order chi connectivity index (χ0) is 7.98. The molecule has 0 heterocycles. The third-order valence-corrected chi connectivity index (χ3v) is 0.890. The molecule has 0 aliphatic carbocycles. The van der Waals surface area contributed by atoms with E-state index in [1.807, 2.05) is 0 Å². The van der Waals surface area contributed by atoms with Crippen molar-refractivity contribution in [2.45, 2.75) is 19.3 Å². The van der Waals surface area contributed by atoms with Crippen LogP contribution in [-0.2, 0) is 0 Å². The smallest absolute Gasteiger partial charge is 0.206 e. The lowest BCUT2D eigenvalue weighted by molar-refractivity contribution is 0.369. The van der Waals surface area contributed by atoms with E-state index in [0.29, 0.717) is 0 Å². The van der Waals surface area contributed by atoms with E-state index >= 15 is 0 Å². The zero-order valence-electron chi connectivity index (χ0n) is 5.20. The summed E-state index contributed by atoms with van der Waals surface area (Å²) in [5, 5.41) is 7.94. The van der Waals surface area contributed by atoms with Crippen LogP contribution < -0.4 is 0 Å². The maximum atomic E-state index is 11.9. The minimum Gasteiger partial charge on any atom is -0.206 e. The van der Waals surface area contributed by atoms with Gasteiger partial charge in [0.25, 0.3) is 0 Å². The second-order valence-corrected chi connectivity index (χ2v) is 1.68. The first-order valence-corrected chi connectivity index (χ1v) is 2.75. The van der Waals surface area contributed by atoms with Crippen LogP contribution in [0.1, 0.15) is 19.3 Å². The summed E-state index contributed by atoms with van der Waals surface area (Å²) >= 11 is 0. The molecular weight excluding hydrogens is 143 g/mol. The summed E-state index contributed by atoms with van der Waals surface area (Å²) in [6.07, 6.45) is -2.35. The third kappa shape index (κ3) is 3.96. The fourth-order valence-electron chi connectivity index (χ4n) is 0.417. The van der Waals surface area contributed by atoms with Gasteiger partial charge in [0.15, 0.2) is 5.83 Å². The molecule has 1 nitrogen and oxygen atoms in total. The average Bonchev–Trinajstić information content (AvgIpc) is 1.88. The SMILES string of the molecule is N#CCCCC(F)=C(F)F. The number of hydrogen-bond acceptors (Lipinski definition) is 1. The predicted octanol–water partition coefficient (Wildman–Crippen LogP) is 2.76. The Kier molecular flexibility index (Phi) is 4.38. The summed E-state index contributed by atoms with van der Waals surface area (Å²) < 4.78 is 34.4. The Balaban J connectivity index is 3.52. The normalized spacial score (nSPS) is 8.60. The van der Waals surface area contributed by atoms with Crippen molar-refractivity contribution in [2.75, 3.05) is 0 Å². The van der Waals surface area contributed by atoms with Gasteiger partial charge in [-0.3, -0.25) is 0 Å². The van der Waals surface area contributed by atoms with Crippen molar-refractivity contribution in [3.63, 3.8) is 0 Å². The summed E-state index contributed by atoms with van der Waals surface area (Å²) in [7, 11) is 0. The molecular formula is C6H6F3N. The van der Waals surface area contributed by atoms with Gasteiger partial charge in [-0.15, -0.1) is 0 Å². The zero-order valence-corrected chi connectivity index (χ0v) is 5.20. The first-order valence-electron chi connectivity index (χ1n) is 2.75. The highest BCUT2D eigenvalue weighted by molar-refractivity contribution is 4.91. The largest absolute Gasteiger partial charge is 0.301 e. The van der Waals surface area contributed by atoms with E-state index in [4.69, 9.17) is 5.26 Å². The van der Waals surface area contributed by atoms with Crippen LogP contribution in [0.3, 0.4) is 0 Å². The van der Waals surface area contributed by atoms with Crippen molar-refractivity contribution >= 4 is 0 Å². The fourth-order valence-corrected chi connectivity index (χ4v) is 0.417. The Labute approximate surface area is 56.8 Å². The third-order valence-electron chi connectivity index (χ3n) is 0.890. The molecule has 0 unspecified atom stereocenters. The minimum absolute atomic E-state index is 0.112. The van der Waals surface area contributed by atoms with Gasteiger partial charge >= 0.3 is 6.08 Å². The molecule has 0 aromatic rings. The summed E-state index contributed by atoms with van der Waals surface area (Å²) in [4.78, 5) is 0. The van der Waals surface area contributed by atoms with Crippen LogP contribution in [0.4, 0.5) is 13.2 Å². The quantitative estimate of drug-likeness (QED) is 0.566. The van der Waals surface area contributed by atoms with Crippen LogP contribution in [0.2, 0.25) is 0 Å². The van der Waals surface area contributed by atoms with Crippen LogP contribution in [0.5, 0.6) is 0 Å². The van der Waals surface area contributed by atoms with Gasteiger partial charge in [0.05, 0.1) is 6.07 Å². The molecule has 0 bridgehead atoms.